The average molecular weight is 355 g/mol. The molecule has 2 aromatic rings. The van der Waals surface area contributed by atoms with Gasteiger partial charge in [0.05, 0.1) is 5.71 Å². The molecule has 0 radical (unpaired) electrons. The van der Waals surface area contributed by atoms with Crippen molar-refractivity contribution >= 4 is 11.7 Å². The summed E-state index contributed by atoms with van der Waals surface area (Å²) in [6, 6.07) is 6.94. The second-order valence-electron chi connectivity index (χ2n) is 6.72. The monoisotopic (exact) mass is 355 g/mol. The summed E-state index contributed by atoms with van der Waals surface area (Å²) in [6.45, 7) is 6.52. The maximum absolute atomic E-state index is 11.5. The number of benzene rings is 1. The average Bonchev–Trinajstić information content (AvgIpc) is 2.61. The van der Waals surface area contributed by atoms with E-state index in [4.69, 9.17) is 0 Å². The number of phenols is 1. The number of likely N-dealkylation sites (tertiary alicyclic amines) is 1. The lowest BCUT2D eigenvalue weighted by Crippen LogP contribution is -2.29. The standard InChI is InChI=1S/C19H25N5O2/c1-13-10-18(26)21-19(20-13)23-22-14(2)15-6-7-17(25)16(11-15)12-24-8-4-3-5-9-24/h6-7,10-11,25H,3-5,8-9,12H2,1-2H3,(H2,20,21,23,26)/b22-14+. The van der Waals surface area contributed by atoms with Crippen LogP contribution in [-0.4, -0.2) is 38.8 Å². The van der Waals surface area contributed by atoms with Crippen LogP contribution in [0.2, 0.25) is 0 Å². The third-order valence-electron chi connectivity index (χ3n) is 4.54. The number of phenolic OH excluding ortho intramolecular Hbond substituents is 1. The fourth-order valence-electron chi connectivity index (χ4n) is 3.13. The van der Waals surface area contributed by atoms with Crippen LogP contribution in [0.3, 0.4) is 0 Å². The number of hydrogen-bond donors (Lipinski definition) is 3. The number of rotatable bonds is 5. The van der Waals surface area contributed by atoms with Crippen LogP contribution < -0.4 is 11.0 Å². The van der Waals surface area contributed by atoms with Crippen molar-refractivity contribution in [2.24, 2.45) is 5.10 Å². The lowest BCUT2D eigenvalue weighted by Gasteiger charge is -2.26. The topological polar surface area (TPSA) is 93.6 Å². The molecule has 0 spiro atoms. The Bertz CT molecular complexity index is 853. The van der Waals surface area contributed by atoms with Gasteiger partial charge < -0.3 is 5.11 Å². The number of anilines is 1. The quantitative estimate of drug-likeness (QED) is 0.566. The van der Waals surface area contributed by atoms with Gasteiger partial charge in [-0.3, -0.25) is 14.7 Å². The minimum Gasteiger partial charge on any atom is -0.508 e. The van der Waals surface area contributed by atoms with E-state index in [0.29, 0.717) is 17.4 Å². The molecule has 1 aliphatic rings. The van der Waals surface area contributed by atoms with Gasteiger partial charge in [-0.2, -0.15) is 5.10 Å². The van der Waals surface area contributed by atoms with Crippen molar-refractivity contribution in [3.63, 3.8) is 0 Å². The molecule has 0 unspecified atom stereocenters. The van der Waals surface area contributed by atoms with E-state index >= 15 is 0 Å². The first-order chi connectivity index (χ1) is 12.5. The number of aromatic nitrogens is 2. The van der Waals surface area contributed by atoms with Crippen molar-refractivity contribution in [3.05, 3.63) is 51.4 Å². The molecular formula is C19H25N5O2. The normalized spacial score (nSPS) is 15.8. The molecule has 1 aromatic carbocycles. The fourth-order valence-corrected chi connectivity index (χ4v) is 3.13. The number of nitrogens with zero attached hydrogens (tertiary/aromatic N) is 3. The first kappa shape index (κ1) is 18.1. The molecule has 1 fully saturated rings. The van der Waals surface area contributed by atoms with Gasteiger partial charge in [-0.25, -0.2) is 10.4 Å². The zero-order chi connectivity index (χ0) is 18.5. The summed E-state index contributed by atoms with van der Waals surface area (Å²) in [7, 11) is 0. The highest BCUT2D eigenvalue weighted by Gasteiger charge is 2.13. The van der Waals surface area contributed by atoms with Crippen molar-refractivity contribution in [2.45, 2.75) is 39.7 Å². The van der Waals surface area contributed by atoms with Gasteiger partial charge in [0.25, 0.3) is 5.56 Å². The lowest BCUT2D eigenvalue weighted by atomic mass is 10.0. The van der Waals surface area contributed by atoms with Crippen LogP contribution in [0.4, 0.5) is 5.95 Å². The Morgan fingerprint density at radius 2 is 2.08 bits per heavy atom. The minimum atomic E-state index is -0.221. The van der Waals surface area contributed by atoms with Crippen LogP contribution in [0.1, 0.15) is 43.0 Å². The van der Waals surface area contributed by atoms with E-state index in [-0.39, 0.29) is 5.56 Å². The van der Waals surface area contributed by atoms with Crippen molar-refractivity contribution in [3.8, 4) is 5.75 Å². The summed E-state index contributed by atoms with van der Waals surface area (Å²) >= 11 is 0. The number of piperidine rings is 1. The fraction of sp³-hybridized carbons (Fsp3) is 0.421. The maximum Gasteiger partial charge on any atom is 0.252 e. The first-order valence-corrected chi connectivity index (χ1v) is 8.94. The highest BCUT2D eigenvalue weighted by molar-refractivity contribution is 5.99. The van der Waals surface area contributed by atoms with Crippen molar-refractivity contribution < 1.29 is 5.11 Å². The number of hydrogen-bond acceptors (Lipinski definition) is 6. The number of aromatic hydroxyl groups is 1. The smallest absolute Gasteiger partial charge is 0.252 e. The lowest BCUT2D eigenvalue weighted by molar-refractivity contribution is 0.218. The molecule has 0 aliphatic carbocycles. The molecule has 0 bridgehead atoms. The number of hydrazone groups is 1. The molecule has 2 heterocycles. The zero-order valence-electron chi connectivity index (χ0n) is 15.2. The van der Waals surface area contributed by atoms with Crippen molar-refractivity contribution in [2.75, 3.05) is 18.5 Å². The van der Waals surface area contributed by atoms with Gasteiger partial charge >= 0.3 is 0 Å². The molecule has 3 rings (SSSR count). The molecule has 7 nitrogen and oxygen atoms in total. The minimum absolute atomic E-state index is 0.221. The molecule has 3 N–H and O–H groups in total. The SMILES string of the molecule is C/C(=N\Nc1nc(C)cc(=O)[nH]1)c1ccc(O)c(CN2CCCCC2)c1. The Hall–Kier alpha value is -2.67. The van der Waals surface area contributed by atoms with Gasteiger partial charge in [0.1, 0.15) is 5.75 Å². The number of nitrogens with one attached hydrogen (secondary N) is 2. The Morgan fingerprint density at radius 1 is 1.31 bits per heavy atom. The van der Waals surface area contributed by atoms with E-state index in [9.17, 15) is 9.90 Å². The third kappa shape index (κ3) is 4.70. The molecular weight excluding hydrogens is 330 g/mol. The van der Waals surface area contributed by atoms with Crippen LogP contribution >= 0.6 is 0 Å². The van der Waals surface area contributed by atoms with E-state index in [2.05, 4.69) is 25.4 Å². The Kier molecular flexibility index (Phi) is 5.68. The van der Waals surface area contributed by atoms with Crippen molar-refractivity contribution in [1.29, 1.82) is 0 Å². The van der Waals surface area contributed by atoms with Crippen LogP contribution in [0.5, 0.6) is 5.75 Å². The molecule has 0 atom stereocenters. The third-order valence-corrected chi connectivity index (χ3v) is 4.54. The van der Waals surface area contributed by atoms with Crippen LogP contribution in [0.25, 0.3) is 0 Å². The predicted octanol–water partition coefficient (Wildman–Crippen LogP) is 2.61. The largest absolute Gasteiger partial charge is 0.508 e. The van der Waals surface area contributed by atoms with E-state index in [1.807, 2.05) is 19.1 Å². The molecule has 138 valence electrons. The molecule has 1 aromatic heterocycles. The van der Waals surface area contributed by atoms with E-state index in [1.54, 1.807) is 13.0 Å². The summed E-state index contributed by atoms with van der Waals surface area (Å²) in [5.74, 6) is 0.617. The molecule has 0 amide bonds. The van der Waals surface area contributed by atoms with Crippen LogP contribution in [0.15, 0.2) is 34.2 Å². The predicted molar refractivity (Wildman–Crippen MR) is 103 cm³/mol. The van der Waals surface area contributed by atoms with Gasteiger partial charge in [0, 0.05) is 23.9 Å². The Labute approximate surface area is 152 Å². The molecule has 0 saturated carbocycles. The van der Waals surface area contributed by atoms with Gasteiger partial charge in [-0.1, -0.05) is 6.42 Å². The Morgan fingerprint density at radius 3 is 2.81 bits per heavy atom. The molecule has 7 heteroatoms. The molecule has 1 aliphatic heterocycles. The van der Waals surface area contributed by atoms with Crippen molar-refractivity contribution in [1.82, 2.24) is 14.9 Å². The first-order valence-electron chi connectivity index (χ1n) is 8.94. The molecule has 26 heavy (non-hydrogen) atoms. The number of aryl methyl sites for hydroxylation is 1. The van der Waals surface area contributed by atoms with Crippen LogP contribution in [-0.2, 0) is 6.54 Å². The van der Waals surface area contributed by atoms with Gasteiger partial charge in [-0.15, -0.1) is 0 Å². The number of aromatic amines is 1. The second-order valence-corrected chi connectivity index (χ2v) is 6.72. The summed E-state index contributed by atoms with van der Waals surface area (Å²) in [4.78, 5) is 20.6. The highest BCUT2D eigenvalue weighted by atomic mass is 16.3. The maximum atomic E-state index is 11.5. The molecule has 1 saturated heterocycles. The number of H-pyrrole nitrogens is 1. The van der Waals surface area contributed by atoms with Gasteiger partial charge in [0.15, 0.2) is 0 Å². The van der Waals surface area contributed by atoms with Gasteiger partial charge in [-0.05, 0) is 63.5 Å². The zero-order valence-corrected chi connectivity index (χ0v) is 15.2. The summed E-state index contributed by atoms with van der Waals surface area (Å²) in [6.07, 6.45) is 3.72. The summed E-state index contributed by atoms with van der Waals surface area (Å²) in [5, 5.41) is 14.5. The summed E-state index contributed by atoms with van der Waals surface area (Å²) in [5.41, 5.74) is 5.75. The van der Waals surface area contributed by atoms with E-state index < -0.39 is 0 Å². The second kappa shape index (κ2) is 8.14. The Balaban J connectivity index is 1.74. The summed E-state index contributed by atoms with van der Waals surface area (Å²) < 4.78 is 0. The van der Waals surface area contributed by atoms with E-state index in [0.717, 1.165) is 36.5 Å². The van der Waals surface area contributed by atoms with Gasteiger partial charge in [0.2, 0.25) is 5.95 Å². The highest BCUT2D eigenvalue weighted by Crippen LogP contribution is 2.22. The van der Waals surface area contributed by atoms with Crippen LogP contribution in [0, 0.1) is 6.92 Å². The van der Waals surface area contributed by atoms with E-state index in [1.165, 1.54) is 25.3 Å².